The van der Waals surface area contributed by atoms with Crippen molar-refractivity contribution in [1.82, 2.24) is 0 Å². The summed E-state index contributed by atoms with van der Waals surface area (Å²) in [5, 5.41) is 14.8. The molecule has 5 nitrogen and oxygen atoms in total. The van der Waals surface area contributed by atoms with Crippen molar-refractivity contribution < 1.29 is 14.7 Å². The molecule has 1 aliphatic carbocycles. The van der Waals surface area contributed by atoms with Gasteiger partial charge < -0.3 is 15.7 Å². The van der Waals surface area contributed by atoms with E-state index in [0.717, 1.165) is 29.7 Å². The zero-order valence-electron chi connectivity index (χ0n) is 13.3. The third kappa shape index (κ3) is 4.43. The van der Waals surface area contributed by atoms with Gasteiger partial charge >= 0.3 is 0 Å². The SMILES string of the molecule is O=C(Cc1ccc(NC(=O)C2CC2)cc1)Nc1cccc(CO)c1. The Balaban J connectivity index is 1.54. The summed E-state index contributed by atoms with van der Waals surface area (Å²) < 4.78 is 0. The number of aliphatic hydroxyl groups is 1. The van der Waals surface area contributed by atoms with Crippen molar-refractivity contribution in [1.29, 1.82) is 0 Å². The number of carbonyl (C=O) groups excluding carboxylic acids is 2. The lowest BCUT2D eigenvalue weighted by molar-refractivity contribution is -0.117. The normalized spacial score (nSPS) is 13.4. The number of benzene rings is 2. The van der Waals surface area contributed by atoms with E-state index in [0.29, 0.717) is 5.69 Å². The molecule has 0 saturated heterocycles. The topological polar surface area (TPSA) is 78.4 Å². The Morgan fingerprint density at radius 1 is 0.958 bits per heavy atom. The number of carbonyl (C=O) groups is 2. The maximum atomic E-state index is 12.1. The molecule has 2 aromatic rings. The number of hydrogen-bond acceptors (Lipinski definition) is 3. The monoisotopic (exact) mass is 324 g/mol. The minimum atomic E-state index is -0.125. The molecule has 0 heterocycles. The second-order valence-electron chi connectivity index (χ2n) is 6.04. The molecular weight excluding hydrogens is 304 g/mol. The number of nitrogens with one attached hydrogen (secondary N) is 2. The summed E-state index contributed by atoms with van der Waals surface area (Å²) in [7, 11) is 0. The summed E-state index contributed by atoms with van der Waals surface area (Å²) in [6.07, 6.45) is 2.20. The molecule has 3 N–H and O–H groups in total. The molecule has 0 radical (unpaired) electrons. The van der Waals surface area contributed by atoms with Crippen LogP contribution in [0.5, 0.6) is 0 Å². The van der Waals surface area contributed by atoms with Crippen LogP contribution in [0.25, 0.3) is 0 Å². The molecule has 0 bridgehead atoms. The van der Waals surface area contributed by atoms with Gasteiger partial charge in [-0.05, 0) is 48.2 Å². The lowest BCUT2D eigenvalue weighted by atomic mass is 10.1. The Kier molecular flexibility index (Phi) is 4.91. The van der Waals surface area contributed by atoms with Crippen LogP contribution >= 0.6 is 0 Å². The van der Waals surface area contributed by atoms with Crippen LogP contribution in [0.3, 0.4) is 0 Å². The van der Waals surface area contributed by atoms with E-state index in [1.807, 2.05) is 24.3 Å². The fraction of sp³-hybridized carbons (Fsp3) is 0.263. The van der Waals surface area contributed by atoms with Crippen LogP contribution in [-0.2, 0) is 22.6 Å². The van der Waals surface area contributed by atoms with Crippen LogP contribution in [0.4, 0.5) is 11.4 Å². The van der Waals surface area contributed by atoms with Crippen molar-refractivity contribution >= 4 is 23.2 Å². The van der Waals surface area contributed by atoms with Gasteiger partial charge in [0.15, 0.2) is 0 Å². The Morgan fingerprint density at radius 3 is 2.38 bits per heavy atom. The molecular formula is C19H20N2O3. The van der Waals surface area contributed by atoms with Crippen LogP contribution in [0, 0.1) is 5.92 Å². The zero-order chi connectivity index (χ0) is 16.9. The number of anilines is 2. The molecule has 0 unspecified atom stereocenters. The maximum Gasteiger partial charge on any atom is 0.228 e. The average molecular weight is 324 g/mol. The molecule has 0 aliphatic heterocycles. The van der Waals surface area contributed by atoms with E-state index < -0.39 is 0 Å². The lowest BCUT2D eigenvalue weighted by Gasteiger charge is -2.08. The van der Waals surface area contributed by atoms with Gasteiger partial charge in [-0.25, -0.2) is 0 Å². The lowest BCUT2D eigenvalue weighted by Crippen LogP contribution is -2.15. The quantitative estimate of drug-likeness (QED) is 0.764. The van der Waals surface area contributed by atoms with Crippen molar-refractivity contribution in [3.8, 4) is 0 Å². The fourth-order valence-electron chi connectivity index (χ4n) is 2.43. The first-order chi connectivity index (χ1) is 11.6. The van der Waals surface area contributed by atoms with E-state index >= 15 is 0 Å². The van der Waals surface area contributed by atoms with Crippen molar-refractivity contribution in [2.45, 2.75) is 25.9 Å². The first-order valence-electron chi connectivity index (χ1n) is 8.03. The summed E-state index contributed by atoms with van der Waals surface area (Å²) in [5.74, 6) is 0.120. The molecule has 3 rings (SSSR count). The summed E-state index contributed by atoms with van der Waals surface area (Å²) in [4.78, 5) is 23.8. The number of hydrogen-bond donors (Lipinski definition) is 3. The minimum absolute atomic E-state index is 0.0578. The highest BCUT2D eigenvalue weighted by Gasteiger charge is 2.29. The van der Waals surface area contributed by atoms with Crippen LogP contribution in [0.1, 0.15) is 24.0 Å². The molecule has 2 amide bonds. The minimum Gasteiger partial charge on any atom is -0.392 e. The second-order valence-corrected chi connectivity index (χ2v) is 6.04. The molecule has 0 atom stereocenters. The van der Waals surface area contributed by atoms with E-state index in [4.69, 9.17) is 5.11 Å². The van der Waals surface area contributed by atoms with Gasteiger partial charge in [0.05, 0.1) is 13.0 Å². The predicted molar refractivity (Wildman–Crippen MR) is 92.5 cm³/mol. The van der Waals surface area contributed by atoms with Gasteiger partial charge in [-0.1, -0.05) is 24.3 Å². The van der Waals surface area contributed by atoms with Gasteiger partial charge in [0.1, 0.15) is 0 Å². The molecule has 1 saturated carbocycles. The third-order valence-electron chi connectivity index (χ3n) is 3.93. The zero-order valence-corrected chi connectivity index (χ0v) is 13.3. The highest BCUT2D eigenvalue weighted by atomic mass is 16.3. The van der Waals surface area contributed by atoms with Crippen molar-refractivity contribution in [2.75, 3.05) is 10.6 Å². The van der Waals surface area contributed by atoms with Gasteiger partial charge in [-0.2, -0.15) is 0 Å². The summed E-state index contributed by atoms with van der Waals surface area (Å²) in [6, 6.07) is 14.4. The van der Waals surface area contributed by atoms with Crippen LogP contribution < -0.4 is 10.6 Å². The van der Waals surface area contributed by atoms with Crippen molar-refractivity contribution in [2.24, 2.45) is 5.92 Å². The van der Waals surface area contributed by atoms with Gasteiger partial charge in [0.2, 0.25) is 11.8 Å². The molecule has 1 fully saturated rings. The fourth-order valence-corrected chi connectivity index (χ4v) is 2.43. The summed E-state index contributed by atoms with van der Waals surface area (Å²) >= 11 is 0. The third-order valence-corrected chi connectivity index (χ3v) is 3.93. The first kappa shape index (κ1) is 16.2. The molecule has 24 heavy (non-hydrogen) atoms. The summed E-state index contributed by atoms with van der Waals surface area (Å²) in [5.41, 5.74) is 3.05. The number of rotatable bonds is 6. The maximum absolute atomic E-state index is 12.1. The van der Waals surface area contributed by atoms with Crippen molar-refractivity contribution in [3.63, 3.8) is 0 Å². The molecule has 124 valence electrons. The number of aliphatic hydroxyl groups excluding tert-OH is 1. The molecule has 1 aliphatic rings. The molecule has 2 aromatic carbocycles. The van der Waals surface area contributed by atoms with Gasteiger partial charge in [-0.3, -0.25) is 9.59 Å². The number of amides is 2. The second kappa shape index (κ2) is 7.27. The average Bonchev–Trinajstić information content (AvgIpc) is 3.42. The Morgan fingerprint density at radius 2 is 1.71 bits per heavy atom. The van der Waals surface area contributed by atoms with E-state index in [1.54, 1.807) is 24.3 Å². The van der Waals surface area contributed by atoms with Gasteiger partial charge in [0, 0.05) is 17.3 Å². The van der Waals surface area contributed by atoms with Crippen LogP contribution in [-0.4, -0.2) is 16.9 Å². The van der Waals surface area contributed by atoms with E-state index in [9.17, 15) is 9.59 Å². The standard InChI is InChI=1S/C19H20N2O3/c22-12-14-2-1-3-17(10-14)20-18(23)11-13-4-8-16(9-5-13)21-19(24)15-6-7-15/h1-5,8-10,15,22H,6-7,11-12H2,(H,20,23)(H,21,24). The molecule has 0 aromatic heterocycles. The van der Waals surface area contributed by atoms with Crippen LogP contribution in [0.2, 0.25) is 0 Å². The highest BCUT2D eigenvalue weighted by Crippen LogP contribution is 2.30. The van der Waals surface area contributed by atoms with Gasteiger partial charge in [0.25, 0.3) is 0 Å². The smallest absolute Gasteiger partial charge is 0.228 e. The highest BCUT2D eigenvalue weighted by molar-refractivity contribution is 5.94. The van der Waals surface area contributed by atoms with E-state index in [-0.39, 0.29) is 30.8 Å². The Hall–Kier alpha value is -2.66. The van der Waals surface area contributed by atoms with Crippen molar-refractivity contribution in [3.05, 3.63) is 59.7 Å². The molecule has 5 heteroatoms. The molecule has 0 spiro atoms. The van der Waals surface area contributed by atoms with Crippen LogP contribution in [0.15, 0.2) is 48.5 Å². The van der Waals surface area contributed by atoms with E-state index in [1.165, 1.54) is 0 Å². The van der Waals surface area contributed by atoms with Gasteiger partial charge in [-0.15, -0.1) is 0 Å². The summed E-state index contributed by atoms with van der Waals surface area (Å²) in [6.45, 7) is -0.0578. The van der Waals surface area contributed by atoms with E-state index in [2.05, 4.69) is 10.6 Å². The first-order valence-corrected chi connectivity index (χ1v) is 8.03. The largest absolute Gasteiger partial charge is 0.392 e. The Labute approximate surface area is 140 Å². The Bertz CT molecular complexity index is 737. The predicted octanol–water partition coefficient (Wildman–Crippen LogP) is 2.71.